The SMILES string of the molecule is Cc1nccnc1Oc1ccc2c(C#N)c(-c3ccc(NC(=O)O[C@H](C)C4CC4)cc3)n(C(C)C)c2c1. The lowest BCUT2D eigenvalue weighted by atomic mass is 10.1. The van der Waals surface area contributed by atoms with Crippen LogP contribution < -0.4 is 10.1 Å². The molecule has 0 radical (unpaired) electrons. The molecule has 4 aromatic rings. The lowest BCUT2D eigenvalue weighted by molar-refractivity contribution is 0.108. The minimum atomic E-state index is -0.452. The van der Waals surface area contributed by atoms with Crippen LogP contribution in [0.4, 0.5) is 10.5 Å². The molecule has 8 nitrogen and oxygen atoms in total. The van der Waals surface area contributed by atoms with Crippen molar-refractivity contribution in [3.63, 3.8) is 0 Å². The van der Waals surface area contributed by atoms with Crippen molar-refractivity contribution < 1.29 is 14.3 Å². The maximum atomic E-state index is 12.3. The van der Waals surface area contributed by atoms with E-state index in [1.54, 1.807) is 12.4 Å². The third-order valence-electron chi connectivity index (χ3n) is 6.64. The minimum Gasteiger partial charge on any atom is -0.446 e. The van der Waals surface area contributed by atoms with Gasteiger partial charge in [0.15, 0.2) is 0 Å². The number of nitriles is 1. The molecule has 8 heteroatoms. The van der Waals surface area contributed by atoms with Gasteiger partial charge in [0.25, 0.3) is 0 Å². The van der Waals surface area contributed by atoms with Crippen molar-refractivity contribution in [2.24, 2.45) is 5.92 Å². The molecule has 0 bridgehead atoms. The number of hydrogen-bond donors (Lipinski definition) is 1. The van der Waals surface area contributed by atoms with Gasteiger partial charge in [0.1, 0.15) is 17.9 Å². The number of amides is 1. The molecule has 188 valence electrons. The summed E-state index contributed by atoms with van der Waals surface area (Å²) in [6.45, 7) is 7.93. The maximum Gasteiger partial charge on any atom is 0.411 e. The zero-order chi connectivity index (χ0) is 26.1. The molecule has 2 aromatic heterocycles. The number of carbonyl (C=O) groups excluding carboxylic acids is 1. The van der Waals surface area contributed by atoms with Gasteiger partial charge in [-0.3, -0.25) is 10.3 Å². The largest absolute Gasteiger partial charge is 0.446 e. The molecular weight excluding hydrogens is 466 g/mol. The van der Waals surface area contributed by atoms with E-state index in [1.165, 1.54) is 0 Å². The molecule has 1 atom stereocenters. The Labute approximate surface area is 215 Å². The van der Waals surface area contributed by atoms with Crippen molar-refractivity contribution in [3.8, 4) is 29.0 Å². The van der Waals surface area contributed by atoms with Gasteiger partial charge >= 0.3 is 6.09 Å². The fraction of sp³-hybridized carbons (Fsp3) is 0.310. The molecule has 0 unspecified atom stereocenters. The Bertz CT molecular complexity index is 1500. The summed E-state index contributed by atoms with van der Waals surface area (Å²) < 4.78 is 13.6. The highest BCUT2D eigenvalue weighted by molar-refractivity contribution is 5.96. The van der Waals surface area contributed by atoms with Gasteiger partial charge < -0.3 is 14.0 Å². The van der Waals surface area contributed by atoms with Crippen molar-refractivity contribution in [3.05, 3.63) is 66.1 Å². The normalized spacial score (nSPS) is 13.8. The molecule has 1 aliphatic rings. The fourth-order valence-electron chi connectivity index (χ4n) is 4.58. The van der Waals surface area contributed by atoms with Crippen LogP contribution in [0, 0.1) is 24.2 Å². The summed E-state index contributed by atoms with van der Waals surface area (Å²) in [6, 6.07) is 15.6. The van der Waals surface area contributed by atoms with Crippen molar-refractivity contribution in [1.29, 1.82) is 5.26 Å². The molecule has 0 spiro atoms. The zero-order valence-corrected chi connectivity index (χ0v) is 21.4. The lowest BCUT2D eigenvalue weighted by Crippen LogP contribution is -2.21. The highest BCUT2D eigenvalue weighted by Crippen LogP contribution is 2.39. The lowest BCUT2D eigenvalue weighted by Gasteiger charge is -2.16. The van der Waals surface area contributed by atoms with E-state index in [0.717, 1.165) is 35.0 Å². The molecule has 0 saturated heterocycles. The van der Waals surface area contributed by atoms with Crippen LogP contribution in [-0.2, 0) is 4.74 Å². The Hall–Kier alpha value is -4.38. The Morgan fingerprint density at radius 3 is 2.49 bits per heavy atom. The molecule has 2 heterocycles. The molecule has 1 aliphatic carbocycles. The summed E-state index contributed by atoms with van der Waals surface area (Å²) in [5, 5.41) is 13.8. The van der Waals surface area contributed by atoms with E-state index in [0.29, 0.717) is 34.5 Å². The van der Waals surface area contributed by atoms with Crippen LogP contribution in [0.3, 0.4) is 0 Å². The third-order valence-corrected chi connectivity index (χ3v) is 6.64. The number of nitrogens with zero attached hydrogens (tertiary/aromatic N) is 4. The summed E-state index contributed by atoms with van der Waals surface area (Å²) in [5.41, 5.74) is 4.50. The van der Waals surface area contributed by atoms with Crippen molar-refractivity contribution in [1.82, 2.24) is 14.5 Å². The van der Waals surface area contributed by atoms with Gasteiger partial charge in [0, 0.05) is 35.6 Å². The second-order valence-electron chi connectivity index (χ2n) is 9.68. The van der Waals surface area contributed by atoms with E-state index in [2.05, 4.69) is 39.8 Å². The van der Waals surface area contributed by atoms with Crippen molar-refractivity contribution in [2.45, 2.75) is 52.7 Å². The first kappa shape index (κ1) is 24.3. The average molecular weight is 496 g/mol. The molecule has 1 N–H and O–H groups in total. The van der Waals surface area contributed by atoms with Gasteiger partial charge in [-0.15, -0.1) is 0 Å². The van der Waals surface area contributed by atoms with Gasteiger partial charge in [0.05, 0.1) is 22.5 Å². The van der Waals surface area contributed by atoms with Crippen LogP contribution in [0.2, 0.25) is 0 Å². The van der Waals surface area contributed by atoms with Crippen LogP contribution in [0.5, 0.6) is 11.6 Å². The van der Waals surface area contributed by atoms with Crippen molar-refractivity contribution in [2.75, 3.05) is 5.32 Å². The number of rotatable bonds is 7. The summed E-state index contributed by atoms with van der Waals surface area (Å²) in [5.74, 6) is 1.54. The Morgan fingerprint density at radius 1 is 1.11 bits per heavy atom. The monoisotopic (exact) mass is 495 g/mol. The number of carbonyl (C=O) groups is 1. The molecule has 1 saturated carbocycles. The third kappa shape index (κ3) is 4.98. The standard InChI is InChI=1S/C29H29N5O3/c1-17(2)34-26-15-23(37-28-18(3)31-13-14-32-28)11-12-24(26)25(16-30)27(34)21-7-9-22(10-8-21)33-29(35)36-19(4)20-5-6-20/h7-15,17,19-20H,5-6H2,1-4H3,(H,33,35)/t19-/m1/s1. The van der Waals surface area contributed by atoms with Crippen LogP contribution in [0.15, 0.2) is 54.9 Å². The number of nitrogens with one attached hydrogen (secondary N) is 1. The van der Waals surface area contributed by atoms with Gasteiger partial charge in [0.2, 0.25) is 5.88 Å². The number of ether oxygens (including phenoxy) is 2. The van der Waals surface area contributed by atoms with Crippen LogP contribution in [-0.4, -0.2) is 26.7 Å². The molecule has 0 aliphatic heterocycles. The second-order valence-corrected chi connectivity index (χ2v) is 9.68. The van der Waals surface area contributed by atoms with E-state index < -0.39 is 6.09 Å². The van der Waals surface area contributed by atoms with Gasteiger partial charge in [-0.2, -0.15) is 5.26 Å². The first-order chi connectivity index (χ1) is 17.9. The number of aryl methyl sites for hydroxylation is 1. The van der Waals surface area contributed by atoms with Crippen LogP contribution in [0.1, 0.15) is 50.9 Å². The number of anilines is 1. The number of fused-ring (bicyclic) bond motifs is 1. The first-order valence-electron chi connectivity index (χ1n) is 12.5. The average Bonchev–Trinajstić information content (AvgIpc) is 3.67. The van der Waals surface area contributed by atoms with E-state index in [4.69, 9.17) is 9.47 Å². The van der Waals surface area contributed by atoms with Crippen molar-refractivity contribution >= 4 is 22.7 Å². The number of benzene rings is 2. The van der Waals surface area contributed by atoms with Crippen LogP contribution >= 0.6 is 0 Å². The molecule has 5 rings (SSSR count). The highest BCUT2D eigenvalue weighted by atomic mass is 16.6. The predicted octanol–water partition coefficient (Wildman–Crippen LogP) is 7.00. The molecule has 1 fully saturated rings. The van der Waals surface area contributed by atoms with Crippen LogP contribution in [0.25, 0.3) is 22.2 Å². The maximum absolute atomic E-state index is 12.3. The summed E-state index contributed by atoms with van der Waals surface area (Å²) in [7, 11) is 0. The highest BCUT2D eigenvalue weighted by Gasteiger charge is 2.30. The Morgan fingerprint density at radius 2 is 1.84 bits per heavy atom. The van der Waals surface area contributed by atoms with Gasteiger partial charge in [-0.25, -0.2) is 9.78 Å². The minimum absolute atomic E-state index is 0.0739. The fourth-order valence-corrected chi connectivity index (χ4v) is 4.58. The summed E-state index contributed by atoms with van der Waals surface area (Å²) >= 11 is 0. The van der Waals surface area contributed by atoms with E-state index >= 15 is 0 Å². The number of aromatic nitrogens is 3. The number of hydrogen-bond acceptors (Lipinski definition) is 6. The van der Waals surface area contributed by atoms with Gasteiger partial charge in [-0.05, 0) is 76.3 Å². The Kier molecular flexibility index (Phi) is 6.53. The van der Waals surface area contributed by atoms with E-state index in [9.17, 15) is 10.1 Å². The first-order valence-corrected chi connectivity index (χ1v) is 12.5. The molecule has 1 amide bonds. The molecule has 37 heavy (non-hydrogen) atoms. The van der Waals surface area contributed by atoms with E-state index in [-0.39, 0.29) is 12.1 Å². The topological polar surface area (TPSA) is 102 Å². The zero-order valence-electron chi connectivity index (χ0n) is 21.4. The molecule has 2 aromatic carbocycles. The summed E-state index contributed by atoms with van der Waals surface area (Å²) in [6.07, 6.45) is 4.91. The quantitative estimate of drug-likeness (QED) is 0.296. The van der Waals surface area contributed by atoms with Gasteiger partial charge in [-0.1, -0.05) is 12.1 Å². The summed E-state index contributed by atoms with van der Waals surface area (Å²) in [4.78, 5) is 20.8. The molecular formula is C29H29N5O3. The smallest absolute Gasteiger partial charge is 0.411 e. The Balaban J connectivity index is 1.48. The predicted molar refractivity (Wildman–Crippen MR) is 142 cm³/mol. The van der Waals surface area contributed by atoms with E-state index in [1.807, 2.05) is 56.3 Å². The second kappa shape index (κ2) is 9.94.